The fourth-order valence-corrected chi connectivity index (χ4v) is 4.21. The first kappa shape index (κ1) is 22.8. The molecule has 2 aromatic rings. The number of hydrogen-bond donors (Lipinski definition) is 1. The molecule has 0 spiro atoms. The lowest BCUT2D eigenvalue weighted by atomic mass is 10.2. The Hall–Kier alpha value is -2.45. The number of hydrogen-bond acceptors (Lipinski definition) is 5. The molecule has 7 nitrogen and oxygen atoms in total. The first-order chi connectivity index (χ1) is 13.8. The lowest BCUT2D eigenvalue weighted by Gasteiger charge is -2.30. The van der Waals surface area contributed by atoms with Gasteiger partial charge in [0, 0.05) is 11.1 Å². The number of amides is 1. The Labute approximate surface area is 176 Å². The number of carbonyl (C=O) groups is 1. The van der Waals surface area contributed by atoms with Gasteiger partial charge in [-0.3, -0.25) is 9.10 Å². The Morgan fingerprint density at radius 2 is 1.86 bits per heavy atom. The zero-order chi connectivity index (χ0) is 21.4. The van der Waals surface area contributed by atoms with Crippen molar-refractivity contribution in [2.75, 3.05) is 30.8 Å². The van der Waals surface area contributed by atoms with Crippen LogP contribution in [0.2, 0.25) is 5.02 Å². The van der Waals surface area contributed by atoms with Crippen LogP contribution in [0.3, 0.4) is 0 Å². The summed E-state index contributed by atoms with van der Waals surface area (Å²) in [6.45, 7) is 2.20. The van der Waals surface area contributed by atoms with Gasteiger partial charge >= 0.3 is 0 Å². The molecular weight excluding hydrogens is 416 g/mol. The Balaban J connectivity index is 2.03. The molecule has 2 rings (SSSR count). The second-order valence-corrected chi connectivity index (χ2v) is 8.58. The molecule has 0 fully saturated rings. The summed E-state index contributed by atoms with van der Waals surface area (Å²) < 4.78 is 36.6. The van der Waals surface area contributed by atoms with Gasteiger partial charge in [-0.15, -0.1) is 0 Å². The number of anilines is 1. The topological polar surface area (TPSA) is 84.9 Å². The maximum absolute atomic E-state index is 12.7. The molecule has 158 valence electrons. The third kappa shape index (κ3) is 6.54. The number of methoxy groups -OCH3 is 1. The van der Waals surface area contributed by atoms with Crippen LogP contribution in [0.15, 0.2) is 48.5 Å². The Morgan fingerprint density at radius 1 is 1.17 bits per heavy atom. The van der Waals surface area contributed by atoms with E-state index in [1.54, 1.807) is 56.5 Å². The van der Waals surface area contributed by atoms with Crippen LogP contribution in [0.1, 0.15) is 13.3 Å². The first-order valence-electron chi connectivity index (χ1n) is 9.05. The van der Waals surface area contributed by atoms with Gasteiger partial charge in [0.25, 0.3) is 0 Å². The van der Waals surface area contributed by atoms with Gasteiger partial charge in [-0.05, 0) is 36.8 Å². The lowest BCUT2D eigenvalue weighted by molar-refractivity contribution is -0.122. The molecular formula is C20H25ClN2O5S. The van der Waals surface area contributed by atoms with Crippen LogP contribution in [-0.4, -0.2) is 46.9 Å². The fourth-order valence-electron chi connectivity index (χ4n) is 2.83. The number of nitrogens with one attached hydrogen (secondary N) is 1. The van der Waals surface area contributed by atoms with Crippen LogP contribution in [0, 0.1) is 0 Å². The molecule has 0 aliphatic carbocycles. The summed E-state index contributed by atoms with van der Waals surface area (Å²) in [5.74, 6) is 0.873. The van der Waals surface area contributed by atoms with Crippen LogP contribution in [-0.2, 0) is 14.8 Å². The molecule has 0 saturated heterocycles. The molecule has 0 aromatic heterocycles. The number of sulfonamides is 1. The molecule has 0 aliphatic rings. The van der Waals surface area contributed by atoms with E-state index in [2.05, 4.69) is 5.32 Å². The number of halogens is 1. The average Bonchev–Trinajstić information content (AvgIpc) is 2.68. The highest BCUT2D eigenvalue weighted by Gasteiger charge is 2.31. The maximum Gasteiger partial charge on any atom is 0.244 e. The molecule has 0 unspecified atom stereocenters. The van der Waals surface area contributed by atoms with Crippen molar-refractivity contribution in [1.82, 2.24) is 5.32 Å². The standard InChI is InChI=1S/C20H25ClN2O5S/c1-4-19(23(29(3,25)26)16-8-5-7-15(21)13-16)20(24)22-11-12-28-18-10-6-9-17(14-18)27-2/h5-10,13-14,19H,4,11-12H2,1-3H3,(H,22,24)/t19-/m0/s1. The largest absolute Gasteiger partial charge is 0.497 e. The van der Waals surface area contributed by atoms with Gasteiger partial charge in [0.1, 0.15) is 24.1 Å². The number of carbonyl (C=O) groups excluding carboxylic acids is 1. The molecule has 1 N–H and O–H groups in total. The van der Waals surface area contributed by atoms with E-state index < -0.39 is 22.0 Å². The summed E-state index contributed by atoms with van der Waals surface area (Å²) in [7, 11) is -2.14. The van der Waals surface area contributed by atoms with E-state index in [1.165, 1.54) is 6.07 Å². The van der Waals surface area contributed by atoms with Crippen molar-refractivity contribution in [3.63, 3.8) is 0 Å². The molecule has 0 bridgehead atoms. The molecule has 9 heteroatoms. The van der Waals surface area contributed by atoms with E-state index in [-0.39, 0.29) is 13.2 Å². The van der Waals surface area contributed by atoms with Crippen molar-refractivity contribution in [3.8, 4) is 11.5 Å². The third-order valence-corrected chi connectivity index (χ3v) is 5.52. The minimum Gasteiger partial charge on any atom is -0.497 e. The molecule has 0 aliphatic heterocycles. The number of nitrogens with zero attached hydrogens (tertiary/aromatic N) is 1. The van der Waals surface area contributed by atoms with Crippen molar-refractivity contribution in [2.45, 2.75) is 19.4 Å². The Bertz CT molecular complexity index is 936. The predicted molar refractivity (Wildman–Crippen MR) is 114 cm³/mol. The van der Waals surface area contributed by atoms with Gasteiger partial charge in [0.2, 0.25) is 15.9 Å². The highest BCUT2D eigenvalue weighted by Crippen LogP contribution is 2.25. The maximum atomic E-state index is 12.7. The van der Waals surface area contributed by atoms with Gasteiger partial charge in [-0.25, -0.2) is 8.42 Å². The molecule has 0 heterocycles. The van der Waals surface area contributed by atoms with Crippen molar-refractivity contribution < 1.29 is 22.7 Å². The van der Waals surface area contributed by atoms with E-state index in [0.29, 0.717) is 28.6 Å². The van der Waals surface area contributed by atoms with Gasteiger partial charge in [-0.2, -0.15) is 0 Å². The second-order valence-electron chi connectivity index (χ2n) is 6.28. The van der Waals surface area contributed by atoms with Gasteiger partial charge in [0.15, 0.2) is 0 Å². The number of benzene rings is 2. The van der Waals surface area contributed by atoms with E-state index in [4.69, 9.17) is 21.1 Å². The number of ether oxygens (including phenoxy) is 2. The van der Waals surface area contributed by atoms with Crippen LogP contribution >= 0.6 is 11.6 Å². The monoisotopic (exact) mass is 440 g/mol. The van der Waals surface area contributed by atoms with Crippen molar-refractivity contribution in [1.29, 1.82) is 0 Å². The SMILES string of the molecule is CC[C@@H](C(=O)NCCOc1cccc(OC)c1)N(c1cccc(Cl)c1)S(C)(=O)=O. The smallest absolute Gasteiger partial charge is 0.244 e. The zero-order valence-electron chi connectivity index (χ0n) is 16.6. The van der Waals surface area contributed by atoms with Crippen LogP contribution in [0.5, 0.6) is 11.5 Å². The van der Waals surface area contributed by atoms with E-state index in [9.17, 15) is 13.2 Å². The van der Waals surface area contributed by atoms with Crippen molar-refractivity contribution >= 4 is 33.2 Å². The summed E-state index contributed by atoms with van der Waals surface area (Å²) in [5, 5.41) is 3.12. The highest BCUT2D eigenvalue weighted by molar-refractivity contribution is 7.92. The quantitative estimate of drug-likeness (QED) is 0.574. The van der Waals surface area contributed by atoms with Crippen LogP contribution in [0.25, 0.3) is 0 Å². The molecule has 2 aromatic carbocycles. The van der Waals surface area contributed by atoms with Crippen molar-refractivity contribution in [3.05, 3.63) is 53.6 Å². The summed E-state index contributed by atoms with van der Waals surface area (Å²) in [6, 6.07) is 12.6. The zero-order valence-corrected chi connectivity index (χ0v) is 18.2. The van der Waals surface area contributed by atoms with E-state index in [0.717, 1.165) is 10.6 Å². The van der Waals surface area contributed by atoms with Crippen LogP contribution in [0.4, 0.5) is 5.69 Å². The number of rotatable bonds is 10. The van der Waals surface area contributed by atoms with Gasteiger partial charge in [0.05, 0.1) is 25.6 Å². The summed E-state index contributed by atoms with van der Waals surface area (Å²) in [4.78, 5) is 12.7. The second kappa shape index (κ2) is 10.4. The first-order valence-corrected chi connectivity index (χ1v) is 11.3. The lowest BCUT2D eigenvalue weighted by Crippen LogP contribution is -2.50. The average molecular weight is 441 g/mol. The van der Waals surface area contributed by atoms with Gasteiger partial charge in [-0.1, -0.05) is 30.7 Å². The van der Waals surface area contributed by atoms with Crippen molar-refractivity contribution in [2.24, 2.45) is 0 Å². The molecule has 1 amide bonds. The van der Waals surface area contributed by atoms with E-state index in [1.807, 2.05) is 0 Å². The summed E-state index contributed by atoms with van der Waals surface area (Å²) >= 11 is 6.00. The minimum absolute atomic E-state index is 0.222. The third-order valence-electron chi connectivity index (χ3n) is 4.10. The van der Waals surface area contributed by atoms with Gasteiger partial charge < -0.3 is 14.8 Å². The molecule has 0 radical (unpaired) electrons. The normalized spacial score (nSPS) is 12.1. The predicted octanol–water partition coefficient (Wildman–Crippen LogP) is 3.09. The van der Waals surface area contributed by atoms with E-state index >= 15 is 0 Å². The summed E-state index contributed by atoms with van der Waals surface area (Å²) in [6.07, 6.45) is 1.36. The summed E-state index contributed by atoms with van der Waals surface area (Å²) in [5.41, 5.74) is 0.342. The van der Waals surface area contributed by atoms with Crippen LogP contribution < -0.4 is 19.1 Å². The molecule has 29 heavy (non-hydrogen) atoms. The highest BCUT2D eigenvalue weighted by atomic mass is 35.5. The minimum atomic E-state index is -3.70. The Kier molecular flexibility index (Phi) is 8.16. The Morgan fingerprint density at radius 3 is 2.48 bits per heavy atom. The fraction of sp³-hybridized carbons (Fsp3) is 0.350. The molecule has 1 atom stereocenters. The molecule has 0 saturated carbocycles.